The molecule has 1 aliphatic carbocycles. The molecule has 0 bridgehead atoms. The number of benzene rings is 1. The van der Waals surface area contributed by atoms with Gasteiger partial charge in [-0.15, -0.1) is 0 Å². The van der Waals surface area contributed by atoms with E-state index in [9.17, 15) is 0 Å². The molecular formula is C14H12BrCl2N. The van der Waals surface area contributed by atoms with Crippen LogP contribution in [-0.4, -0.2) is 4.98 Å². The Kier molecular flexibility index (Phi) is 3.52. The van der Waals surface area contributed by atoms with E-state index in [2.05, 4.69) is 15.9 Å². The standard InChI is InChI=1S/C14H12BrCl2N/c15-9-5-10-11(16)7-13(8-3-1-2-4-8)18-14(10)12(17)6-9/h5-8H,1-4H2. The fourth-order valence-electron chi connectivity index (χ4n) is 2.66. The fourth-order valence-corrected chi connectivity index (χ4v) is 3.77. The number of hydrogen-bond donors (Lipinski definition) is 0. The fraction of sp³-hybridized carbons (Fsp3) is 0.357. The van der Waals surface area contributed by atoms with Gasteiger partial charge in [0.15, 0.2) is 0 Å². The van der Waals surface area contributed by atoms with E-state index >= 15 is 0 Å². The molecule has 0 saturated heterocycles. The maximum absolute atomic E-state index is 6.37. The van der Waals surface area contributed by atoms with Crippen molar-refractivity contribution in [2.75, 3.05) is 0 Å². The summed E-state index contributed by atoms with van der Waals surface area (Å²) in [7, 11) is 0. The summed E-state index contributed by atoms with van der Waals surface area (Å²) >= 11 is 16.1. The van der Waals surface area contributed by atoms with E-state index in [1.54, 1.807) is 0 Å². The van der Waals surface area contributed by atoms with Crippen LogP contribution in [0.25, 0.3) is 10.9 Å². The number of hydrogen-bond acceptors (Lipinski definition) is 1. The molecule has 0 unspecified atom stereocenters. The van der Waals surface area contributed by atoms with Gasteiger partial charge >= 0.3 is 0 Å². The Morgan fingerprint density at radius 3 is 2.50 bits per heavy atom. The van der Waals surface area contributed by atoms with Crippen LogP contribution in [0.5, 0.6) is 0 Å². The molecular weight excluding hydrogens is 333 g/mol. The summed E-state index contributed by atoms with van der Waals surface area (Å²) in [5, 5.41) is 2.31. The van der Waals surface area contributed by atoms with E-state index in [0.29, 0.717) is 10.9 Å². The van der Waals surface area contributed by atoms with E-state index in [0.717, 1.165) is 26.1 Å². The van der Waals surface area contributed by atoms with E-state index in [-0.39, 0.29) is 0 Å². The molecule has 2 aromatic rings. The molecule has 1 nitrogen and oxygen atoms in total. The molecule has 1 fully saturated rings. The lowest BCUT2D eigenvalue weighted by Gasteiger charge is -2.12. The zero-order valence-corrected chi connectivity index (χ0v) is 12.8. The Morgan fingerprint density at radius 1 is 1.06 bits per heavy atom. The Balaban J connectivity index is 2.20. The minimum atomic E-state index is 0.548. The summed E-state index contributed by atoms with van der Waals surface area (Å²) in [6.45, 7) is 0. The molecule has 0 radical (unpaired) electrons. The first kappa shape index (κ1) is 12.7. The molecule has 1 aliphatic rings. The zero-order valence-electron chi connectivity index (χ0n) is 9.72. The second kappa shape index (κ2) is 4.99. The lowest BCUT2D eigenvalue weighted by Crippen LogP contribution is -1.97. The monoisotopic (exact) mass is 343 g/mol. The second-order valence-corrected chi connectivity index (χ2v) is 6.52. The largest absolute Gasteiger partial charge is 0.251 e. The molecule has 1 saturated carbocycles. The number of rotatable bonds is 1. The van der Waals surface area contributed by atoms with Crippen LogP contribution >= 0.6 is 39.1 Å². The summed E-state index contributed by atoms with van der Waals surface area (Å²) < 4.78 is 0.928. The van der Waals surface area contributed by atoms with Crippen molar-refractivity contribution in [1.29, 1.82) is 0 Å². The van der Waals surface area contributed by atoms with Gasteiger partial charge in [0.2, 0.25) is 0 Å². The molecule has 94 valence electrons. The van der Waals surface area contributed by atoms with Crippen molar-refractivity contribution in [3.05, 3.63) is 38.4 Å². The predicted molar refractivity (Wildman–Crippen MR) is 80.7 cm³/mol. The van der Waals surface area contributed by atoms with E-state index in [1.807, 2.05) is 18.2 Å². The molecule has 1 aromatic heterocycles. The topological polar surface area (TPSA) is 12.9 Å². The molecule has 4 heteroatoms. The summed E-state index contributed by atoms with van der Waals surface area (Å²) in [6.07, 6.45) is 5.00. The van der Waals surface area contributed by atoms with Crippen molar-refractivity contribution < 1.29 is 0 Å². The van der Waals surface area contributed by atoms with Crippen LogP contribution in [0.4, 0.5) is 0 Å². The van der Waals surface area contributed by atoms with Crippen LogP contribution in [0.1, 0.15) is 37.3 Å². The third-order valence-corrected chi connectivity index (χ3v) is 4.63. The Bertz CT molecular complexity index is 606. The Hall–Kier alpha value is -0.310. The number of halogens is 3. The summed E-state index contributed by atoms with van der Waals surface area (Å²) in [5.74, 6) is 0.548. The van der Waals surface area contributed by atoms with Crippen LogP contribution in [0.3, 0.4) is 0 Å². The number of aromatic nitrogens is 1. The van der Waals surface area contributed by atoms with Crippen molar-refractivity contribution >= 4 is 50.0 Å². The normalized spacial score (nSPS) is 16.6. The lowest BCUT2D eigenvalue weighted by atomic mass is 10.0. The van der Waals surface area contributed by atoms with E-state index in [1.165, 1.54) is 25.7 Å². The first-order valence-electron chi connectivity index (χ1n) is 6.10. The van der Waals surface area contributed by atoms with Crippen molar-refractivity contribution in [2.45, 2.75) is 31.6 Å². The van der Waals surface area contributed by atoms with Gasteiger partial charge in [0, 0.05) is 21.5 Å². The van der Waals surface area contributed by atoms with Gasteiger partial charge in [0.25, 0.3) is 0 Å². The third-order valence-electron chi connectivity index (χ3n) is 3.57. The van der Waals surface area contributed by atoms with Crippen LogP contribution in [0, 0.1) is 0 Å². The molecule has 18 heavy (non-hydrogen) atoms. The van der Waals surface area contributed by atoms with Gasteiger partial charge in [-0.3, -0.25) is 4.98 Å². The molecule has 0 N–H and O–H groups in total. The molecule has 0 atom stereocenters. The van der Waals surface area contributed by atoms with E-state index in [4.69, 9.17) is 28.2 Å². The Labute approximate surface area is 125 Å². The van der Waals surface area contributed by atoms with E-state index < -0.39 is 0 Å². The van der Waals surface area contributed by atoms with Crippen LogP contribution in [-0.2, 0) is 0 Å². The zero-order chi connectivity index (χ0) is 12.7. The smallest absolute Gasteiger partial charge is 0.0907 e. The van der Waals surface area contributed by atoms with Gasteiger partial charge in [-0.1, -0.05) is 52.0 Å². The highest BCUT2D eigenvalue weighted by Crippen LogP contribution is 2.38. The van der Waals surface area contributed by atoms with Crippen molar-refractivity contribution in [3.63, 3.8) is 0 Å². The number of fused-ring (bicyclic) bond motifs is 1. The first-order valence-corrected chi connectivity index (χ1v) is 7.65. The average Bonchev–Trinajstić information content (AvgIpc) is 2.83. The second-order valence-electron chi connectivity index (χ2n) is 4.79. The minimum absolute atomic E-state index is 0.548. The van der Waals surface area contributed by atoms with Crippen LogP contribution < -0.4 is 0 Å². The number of pyridine rings is 1. The highest BCUT2D eigenvalue weighted by molar-refractivity contribution is 9.10. The van der Waals surface area contributed by atoms with Crippen LogP contribution in [0.2, 0.25) is 10.0 Å². The first-order chi connectivity index (χ1) is 8.65. The van der Waals surface area contributed by atoms with Crippen molar-refractivity contribution in [1.82, 2.24) is 4.98 Å². The van der Waals surface area contributed by atoms with Gasteiger partial charge in [0.1, 0.15) is 0 Å². The summed E-state index contributed by atoms with van der Waals surface area (Å²) in [4.78, 5) is 4.72. The van der Waals surface area contributed by atoms with Crippen molar-refractivity contribution in [3.8, 4) is 0 Å². The molecule has 1 aromatic carbocycles. The summed E-state index contributed by atoms with van der Waals surface area (Å²) in [5.41, 5.74) is 1.91. The van der Waals surface area contributed by atoms with Gasteiger partial charge in [-0.05, 0) is 31.0 Å². The SMILES string of the molecule is Clc1cc(C2CCCC2)nc2c(Cl)cc(Br)cc12. The highest BCUT2D eigenvalue weighted by Gasteiger charge is 2.20. The van der Waals surface area contributed by atoms with Gasteiger partial charge < -0.3 is 0 Å². The Morgan fingerprint density at radius 2 is 1.78 bits per heavy atom. The molecule has 0 spiro atoms. The minimum Gasteiger partial charge on any atom is -0.251 e. The summed E-state index contributed by atoms with van der Waals surface area (Å²) in [6, 6.07) is 5.84. The van der Waals surface area contributed by atoms with Gasteiger partial charge in [-0.2, -0.15) is 0 Å². The maximum Gasteiger partial charge on any atom is 0.0907 e. The highest BCUT2D eigenvalue weighted by atomic mass is 79.9. The van der Waals surface area contributed by atoms with Gasteiger partial charge in [-0.25, -0.2) is 0 Å². The molecule has 0 amide bonds. The molecule has 3 rings (SSSR count). The van der Waals surface area contributed by atoms with Crippen LogP contribution in [0.15, 0.2) is 22.7 Å². The molecule has 1 heterocycles. The average molecular weight is 345 g/mol. The lowest BCUT2D eigenvalue weighted by molar-refractivity contribution is 0.701. The maximum atomic E-state index is 6.37. The van der Waals surface area contributed by atoms with Crippen molar-refractivity contribution in [2.24, 2.45) is 0 Å². The number of nitrogens with zero attached hydrogens (tertiary/aromatic N) is 1. The third kappa shape index (κ3) is 2.26. The quantitative estimate of drug-likeness (QED) is 0.621. The molecule has 0 aliphatic heterocycles. The predicted octanol–water partition coefficient (Wildman–Crippen LogP) is 5.96. The van der Waals surface area contributed by atoms with Gasteiger partial charge in [0.05, 0.1) is 15.6 Å².